The first-order chi connectivity index (χ1) is 17.7. The number of morpholine rings is 1. The van der Waals surface area contributed by atoms with E-state index in [4.69, 9.17) is 14.7 Å². The summed E-state index contributed by atoms with van der Waals surface area (Å²) in [4.78, 5) is 16.5. The van der Waals surface area contributed by atoms with Crippen molar-refractivity contribution in [1.82, 2.24) is 19.9 Å². The van der Waals surface area contributed by atoms with Gasteiger partial charge in [-0.25, -0.2) is 9.97 Å². The lowest BCUT2D eigenvalue weighted by molar-refractivity contribution is -0.137. The van der Waals surface area contributed by atoms with Gasteiger partial charge in [0.2, 0.25) is 0 Å². The summed E-state index contributed by atoms with van der Waals surface area (Å²) in [6, 6.07) is 14.7. The van der Waals surface area contributed by atoms with E-state index in [1.807, 2.05) is 51.1 Å². The molecular formula is C28H28F3N5O. The highest BCUT2D eigenvalue weighted by atomic mass is 19.4. The van der Waals surface area contributed by atoms with Crippen LogP contribution in [0.3, 0.4) is 0 Å². The quantitative estimate of drug-likeness (QED) is 0.339. The zero-order valence-electron chi connectivity index (χ0n) is 20.9. The number of anilines is 2. The number of hydrogen-bond donors (Lipinski definition) is 1. The van der Waals surface area contributed by atoms with E-state index in [-0.39, 0.29) is 12.2 Å². The Morgan fingerprint density at radius 1 is 1.00 bits per heavy atom. The Labute approximate surface area is 213 Å². The topological polar surface area (TPSA) is 63.2 Å². The third-order valence-electron chi connectivity index (χ3n) is 6.36. The molecular weight excluding hydrogens is 479 g/mol. The van der Waals surface area contributed by atoms with E-state index in [1.165, 1.54) is 12.1 Å². The lowest BCUT2D eigenvalue weighted by atomic mass is 10.0. The molecule has 3 heterocycles. The zero-order chi connectivity index (χ0) is 26.2. The molecule has 6 nitrogen and oxygen atoms in total. The summed E-state index contributed by atoms with van der Waals surface area (Å²) in [5, 5.41) is 3.98. The van der Waals surface area contributed by atoms with Crippen molar-refractivity contribution in [3.8, 4) is 11.3 Å². The van der Waals surface area contributed by atoms with E-state index in [0.29, 0.717) is 23.9 Å². The minimum Gasteiger partial charge on any atom is -0.373 e. The number of rotatable bonds is 5. The van der Waals surface area contributed by atoms with Gasteiger partial charge in [-0.1, -0.05) is 12.1 Å². The molecule has 1 aliphatic heterocycles. The van der Waals surface area contributed by atoms with Crippen molar-refractivity contribution in [2.75, 3.05) is 18.4 Å². The van der Waals surface area contributed by atoms with E-state index < -0.39 is 11.7 Å². The van der Waals surface area contributed by atoms with Crippen LogP contribution in [0.4, 0.5) is 24.7 Å². The number of aryl methyl sites for hydroxylation is 1. The van der Waals surface area contributed by atoms with Gasteiger partial charge in [-0.2, -0.15) is 13.2 Å². The first-order valence-corrected chi connectivity index (χ1v) is 12.2. The number of pyridine rings is 1. The van der Waals surface area contributed by atoms with Crippen molar-refractivity contribution in [2.24, 2.45) is 0 Å². The first kappa shape index (κ1) is 25.1. The van der Waals surface area contributed by atoms with Crippen LogP contribution in [-0.2, 0) is 17.5 Å². The highest BCUT2D eigenvalue weighted by Gasteiger charge is 2.30. The molecule has 5 rings (SSSR count). The molecule has 9 heteroatoms. The van der Waals surface area contributed by atoms with Crippen LogP contribution in [0.15, 0.2) is 60.8 Å². The Morgan fingerprint density at radius 3 is 2.41 bits per heavy atom. The number of nitrogens with one attached hydrogen (secondary N) is 1. The molecule has 0 amide bonds. The summed E-state index contributed by atoms with van der Waals surface area (Å²) < 4.78 is 45.0. The minimum atomic E-state index is -4.39. The predicted molar refractivity (Wildman–Crippen MR) is 138 cm³/mol. The predicted octanol–water partition coefficient (Wildman–Crippen LogP) is 6.37. The second-order valence-electron chi connectivity index (χ2n) is 9.54. The summed E-state index contributed by atoms with van der Waals surface area (Å²) >= 11 is 0. The second-order valence-corrected chi connectivity index (χ2v) is 9.54. The van der Waals surface area contributed by atoms with E-state index in [1.54, 1.807) is 6.20 Å². The molecule has 2 atom stereocenters. The monoisotopic (exact) mass is 507 g/mol. The van der Waals surface area contributed by atoms with Gasteiger partial charge in [-0.15, -0.1) is 0 Å². The number of hydrogen-bond acceptors (Lipinski definition) is 6. The molecule has 1 N–H and O–H groups in total. The fourth-order valence-corrected chi connectivity index (χ4v) is 4.77. The number of nitrogens with zero attached hydrogens (tertiary/aromatic N) is 4. The Bertz CT molecular complexity index is 1400. The van der Waals surface area contributed by atoms with Crippen LogP contribution < -0.4 is 5.32 Å². The number of benzene rings is 2. The second kappa shape index (κ2) is 10.1. The molecule has 0 radical (unpaired) electrons. The van der Waals surface area contributed by atoms with Crippen LogP contribution in [-0.4, -0.2) is 45.1 Å². The van der Waals surface area contributed by atoms with Gasteiger partial charge >= 0.3 is 6.18 Å². The number of ether oxygens (including phenoxy) is 1. The van der Waals surface area contributed by atoms with Crippen molar-refractivity contribution in [2.45, 2.75) is 45.7 Å². The highest BCUT2D eigenvalue weighted by Crippen LogP contribution is 2.32. The van der Waals surface area contributed by atoms with E-state index in [9.17, 15) is 13.2 Å². The third kappa shape index (κ3) is 5.73. The SMILES string of the molecule is Cc1cccnc1-c1ccc2c(Nc3ccc(C(F)(F)F)cc3)nc(CN3CC(C)OC(C)C3)nc2c1. The molecule has 2 aromatic carbocycles. The molecule has 0 saturated carbocycles. The molecule has 0 spiro atoms. The first-order valence-electron chi connectivity index (χ1n) is 12.2. The Morgan fingerprint density at radius 2 is 1.73 bits per heavy atom. The summed E-state index contributed by atoms with van der Waals surface area (Å²) in [5.74, 6) is 1.16. The van der Waals surface area contributed by atoms with Crippen molar-refractivity contribution in [3.63, 3.8) is 0 Å². The average Bonchev–Trinajstić information content (AvgIpc) is 2.83. The summed E-state index contributed by atoms with van der Waals surface area (Å²) in [6.07, 6.45) is -2.42. The Hall–Kier alpha value is -3.56. The van der Waals surface area contributed by atoms with Gasteiger partial charge < -0.3 is 10.1 Å². The molecule has 2 aromatic heterocycles. The number of alkyl halides is 3. The van der Waals surface area contributed by atoms with Gasteiger partial charge in [0.15, 0.2) is 0 Å². The molecule has 2 unspecified atom stereocenters. The maximum atomic E-state index is 13.0. The molecule has 1 fully saturated rings. The molecule has 1 saturated heterocycles. The van der Waals surface area contributed by atoms with Crippen molar-refractivity contribution in [1.29, 1.82) is 0 Å². The number of aromatic nitrogens is 3. The summed E-state index contributed by atoms with van der Waals surface area (Å²) in [7, 11) is 0. The van der Waals surface area contributed by atoms with Gasteiger partial charge in [0.25, 0.3) is 0 Å². The normalized spacial score (nSPS) is 18.8. The van der Waals surface area contributed by atoms with Crippen LogP contribution in [0.5, 0.6) is 0 Å². The molecule has 1 aliphatic rings. The van der Waals surface area contributed by atoms with Crippen molar-refractivity contribution >= 4 is 22.4 Å². The number of fused-ring (bicyclic) bond motifs is 1. The van der Waals surface area contributed by atoms with Crippen LogP contribution in [0, 0.1) is 6.92 Å². The summed E-state index contributed by atoms with van der Waals surface area (Å²) in [5.41, 5.74) is 3.41. The maximum absolute atomic E-state index is 13.0. The van der Waals surface area contributed by atoms with Gasteiger partial charge in [-0.3, -0.25) is 9.88 Å². The standard InChI is InChI=1S/C28H28F3N5O/c1-17-5-4-12-32-26(17)20-6-11-23-24(13-20)34-25(16-36-14-18(2)37-19(3)15-36)35-27(23)33-22-9-7-21(8-10-22)28(29,30)31/h4-13,18-19H,14-16H2,1-3H3,(H,33,34,35). The molecule has 192 valence electrons. The Balaban J connectivity index is 1.54. The van der Waals surface area contributed by atoms with Crippen molar-refractivity contribution in [3.05, 3.63) is 77.7 Å². The zero-order valence-corrected chi connectivity index (χ0v) is 20.9. The average molecular weight is 508 g/mol. The highest BCUT2D eigenvalue weighted by molar-refractivity contribution is 5.93. The fraction of sp³-hybridized carbons (Fsp3) is 0.321. The van der Waals surface area contributed by atoms with Crippen LogP contribution in [0.1, 0.15) is 30.8 Å². The molecule has 0 aliphatic carbocycles. The third-order valence-corrected chi connectivity index (χ3v) is 6.36. The van der Waals surface area contributed by atoms with Gasteiger partial charge in [0, 0.05) is 35.9 Å². The maximum Gasteiger partial charge on any atom is 0.416 e. The minimum absolute atomic E-state index is 0.104. The largest absolute Gasteiger partial charge is 0.416 e. The smallest absolute Gasteiger partial charge is 0.373 e. The fourth-order valence-electron chi connectivity index (χ4n) is 4.77. The van der Waals surface area contributed by atoms with E-state index in [2.05, 4.69) is 15.2 Å². The van der Waals surface area contributed by atoms with Gasteiger partial charge in [0.05, 0.1) is 35.5 Å². The van der Waals surface area contributed by atoms with E-state index >= 15 is 0 Å². The van der Waals surface area contributed by atoms with E-state index in [0.717, 1.165) is 52.9 Å². The molecule has 37 heavy (non-hydrogen) atoms. The van der Waals surface area contributed by atoms with Crippen molar-refractivity contribution < 1.29 is 17.9 Å². The van der Waals surface area contributed by atoms with Gasteiger partial charge in [-0.05, 0) is 68.8 Å². The Kier molecular flexibility index (Phi) is 6.83. The number of halogens is 3. The lowest BCUT2D eigenvalue weighted by Gasteiger charge is -2.34. The van der Waals surface area contributed by atoms with Crippen LogP contribution in [0.25, 0.3) is 22.2 Å². The van der Waals surface area contributed by atoms with Gasteiger partial charge in [0.1, 0.15) is 11.6 Å². The van der Waals surface area contributed by atoms with Crippen LogP contribution in [0.2, 0.25) is 0 Å². The lowest BCUT2D eigenvalue weighted by Crippen LogP contribution is -2.45. The molecule has 0 bridgehead atoms. The van der Waals surface area contributed by atoms with Crippen LogP contribution >= 0.6 is 0 Å². The molecule has 4 aromatic rings. The summed E-state index contributed by atoms with van der Waals surface area (Å²) in [6.45, 7) is 8.16.